The van der Waals surface area contributed by atoms with E-state index in [1.807, 2.05) is 0 Å². The van der Waals surface area contributed by atoms with Crippen molar-refractivity contribution < 1.29 is 28.2 Å². The minimum absolute atomic E-state index is 0.116. The maximum atomic E-state index is 13.5. The minimum Gasteiger partial charge on any atom is -0.496 e. The van der Waals surface area contributed by atoms with E-state index in [2.05, 4.69) is 4.90 Å². The smallest absolute Gasteiger partial charge is 0.261 e. The predicted molar refractivity (Wildman–Crippen MR) is 124 cm³/mol. The lowest BCUT2D eigenvalue weighted by Crippen LogP contribution is -2.54. The number of piperazine rings is 1. The van der Waals surface area contributed by atoms with Gasteiger partial charge in [0.15, 0.2) is 0 Å². The Morgan fingerprint density at radius 3 is 2.26 bits per heavy atom. The molecule has 2 fully saturated rings. The number of rotatable bonds is 6. The Labute approximate surface area is 198 Å². The van der Waals surface area contributed by atoms with Gasteiger partial charge in [-0.25, -0.2) is 4.39 Å². The summed E-state index contributed by atoms with van der Waals surface area (Å²) in [6.45, 7) is 4.56. The molecule has 2 saturated heterocycles. The Balaban J connectivity index is 1.32. The Bertz CT molecular complexity index is 1000. The molecule has 9 heteroatoms. The Morgan fingerprint density at radius 1 is 0.941 bits per heavy atom. The number of hydrogen-bond acceptors (Lipinski definition) is 6. The van der Waals surface area contributed by atoms with E-state index < -0.39 is 5.82 Å². The van der Waals surface area contributed by atoms with Gasteiger partial charge in [-0.05, 0) is 30.3 Å². The summed E-state index contributed by atoms with van der Waals surface area (Å²) >= 11 is 0. The van der Waals surface area contributed by atoms with Crippen LogP contribution in [0, 0.1) is 5.82 Å². The van der Waals surface area contributed by atoms with Crippen molar-refractivity contribution in [1.29, 1.82) is 0 Å². The number of halogens is 1. The molecule has 0 saturated carbocycles. The summed E-state index contributed by atoms with van der Waals surface area (Å²) in [5.74, 6) is 0.258. The number of hydrogen-bond donors (Lipinski definition) is 0. The number of benzene rings is 2. The highest BCUT2D eigenvalue weighted by Crippen LogP contribution is 2.30. The molecule has 4 rings (SSSR count). The molecule has 182 valence electrons. The van der Waals surface area contributed by atoms with Gasteiger partial charge in [-0.2, -0.15) is 0 Å². The van der Waals surface area contributed by atoms with E-state index >= 15 is 0 Å². The molecule has 8 nitrogen and oxygen atoms in total. The zero-order valence-electron chi connectivity index (χ0n) is 19.5. The fourth-order valence-corrected chi connectivity index (χ4v) is 4.46. The lowest BCUT2D eigenvalue weighted by atomic mass is 10.1. The summed E-state index contributed by atoms with van der Waals surface area (Å²) < 4.78 is 30.2. The van der Waals surface area contributed by atoms with Gasteiger partial charge in [-0.15, -0.1) is 0 Å². The number of amides is 2. The van der Waals surface area contributed by atoms with Crippen molar-refractivity contribution in [3.63, 3.8) is 0 Å². The monoisotopic (exact) mass is 471 g/mol. The minimum atomic E-state index is -0.422. The van der Waals surface area contributed by atoms with Crippen LogP contribution in [-0.2, 0) is 4.74 Å². The zero-order valence-corrected chi connectivity index (χ0v) is 19.5. The molecule has 2 amide bonds. The molecule has 2 aliphatic heterocycles. The molecule has 2 aliphatic rings. The van der Waals surface area contributed by atoms with Crippen LogP contribution in [0.4, 0.5) is 4.39 Å². The standard InChI is InChI=1S/C25H30FN3O5/c1-32-21-7-4-8-22(33-2)23(21)25(31)28-11-9-27(10-12-28)16-20-17-29(13-14-34-20)24(30)18-5-3-6-19(26)15-18/h3-8,15,20H,9-14,16-17H2,1-2H3. The van der Waals surface area contributed by atoms with E-state index in [0.717, 1.165) is 0 Å². The maximum absolute atomic E-state index is 13.5. The quantitative estimate of drug-likeness (QED) is 0.643. The Hall–Kier alpha value is -3.17. The molecule has 0 aromatic heterocycles. The molecule has 0 N–H and O–H groups in total. The van der Waals surface area contributed by atoms with Gasteiger partial charge in [-0.1, -0.05) is 12.1 Å². The first-order chi connectivity index (χ1) is 16.5. The third-order valence-electron chi connectivity index (χ3n) is 6.26. The lowest BCUT2D eigenvalue weighted by molar-refractivity contribution is -0.0400. The van der Waals surface area contributed by atoms with E-state index in [9.17, 15) is 14.0 Å². The average Bonchev–Trinajstić information content (AvgIpc) is 2.88. The van der Waals surface area contributed by atoms with Crippen LogP contribution >= 0.6 is 0 Å². The van der Waals surface area contributed by atoms with Gasteiger partial charge in [0.1, 0.15) is 22.9 Å². The molecule has 1 unspecified atom stereocenters. The average molecular weight is 472 g/mol. The van der Waals surface area contributed by atoms with Crippen molar-refractivity contribution in [2.75, 3.05) is 66.6 Å². The third kappa shape index (κ3) is 5.31. The van der Waals surface area contributed by atoms with Crippen molar-refractivity contribution in [2.45, 2.75) is 6.10 Å². The van der Waals surface area contributed by atoms with Gasteiger partial charge >= 0.3 is 0 Å². The van der Waals surface area contributed by atoms with Gasteiger partial charge in [0.05, 0.1) is 26.9 Å². The van der Waals surface area contributed by atoms with Gasteiger partial charge in [0.2, 0.25) is 0 Å². The van der Waals surface area contributed by atoms with E-state index in [1.54, 1.807) is 40.1 Å². The number of morpholine rings is 1. The topological polar surface area (TPSA) is 71.6 Å². The second kappa shape index (κ2) is 10.8. The maximum Gasteiger partial charge on any atom is 0.261 e. The van der Waals surface area contributed by atoms with Gasteiger partial charge in [0, 0.05) is 51.4 Å². The van der Waals surface area contributed by atoms with Crippen molar-refractivity contribution in [3.05, 3.63) is 59.4 Å². The van der Waals surface area contributed by atoms with Gasteiger partial charge < -0.3 is 24.0 Å². The summed E-state index contributed by atoms with van der Waals surface area (Å²) in [7, 11) is 3.08. The molecule has 2 aromatic carbocycles. The van der Waals surface area contributed by atoms with Crippen LogP contribution in [-0.4, -0.2) is 99.3 Å². The number of carbonyl (C=O) groups is 2. The zero-order chi connectivity index (χ0) is 24.1. The lowest BCUT2D eigenvalue weighted by Gasteiger charge is -2.39. The van der Waals surface area contributed by atoms with E-state index in [-0.39, 0.29) is 17.9 Å². The van der Waals surface area contributed by atoms with Crippen LogP contribution in [0.15, 0.2) is 42.5 Å². The van der Waals surface area contributed by atoms with Crippen LogP contribution in [0.3, 0.4) is 0 Å². The summed E-state index contributed by atoms with van der Waals surface area (Å²) in [5.41, 5.74) is 0.780. The molecule has 2 aromatic rings. The van der Waals surface area contributed by atoms with Gasteiger partial charge in [0.25, 0.3) is 11.8 Å². The highest BCUT2D eigenvalue weighted by Gasteiger charge is 2.30. The molecule has 1 atom stereocenters. The molecular formula is C25H30FN3O5. The summed E-state index contributed by atoms with van der Waals surface area (Å²) in [5, 5.41) is 0. The second-order valence-electron chi connectivity index (χ2n) is 8.38. The molecule has 0 radical (unpaired) electrons. The van der Waals surface area contributed by atoms with Crippen LogP contribution in [0.1, 0.15) is 20.7 Å². The molecule has 0 spiro atoms. The van der Waals surface area contributed by atoms with E-state index in [4.69, 9.17) is 14.2 Å². The number of methoxy groups -OCH3 is 2. The SMILES string of the molecule is COc1cccc(OC)c1C(=O)N1CCN(CC2CN(C(=O)c3cccc(F)c3)CCO2)CC1. The van der Waals surface area contributed by atoms with Crippen LogP contribution in [0.5, 0.6) is 11.5 Å². The Morgan fingerprint density at radius 2 is 1.62 bits per heavy atom. The number of nitrogens with zero attached hydrogens (tertiary/aromatic N) is 3. The third-order valence-corrected chi connectivity index (χ3v) is 6.26. The van der Waals surface area contributed by atoms with Crippen molar-refractivity contribution >= 4 is 11.8 Å². The van der Waals surface area contributed by atoms with Crippen LogP contribution in [0.25, 0.3) is 0 Å². The van der Waals surface area contributed by atoms with Crippen LogP contribution < -0.4 is 9.47 Å². The van der Waals surface area contributed by atoms with Gasteiger partial charge in [-0.3, -0.25) is 14.5 Å². The summed E-state index contributed by atoms with van der Waals surface area (Å²) in [6, 6.07) is 11.1. The highest BCUT2D eigenvalue weighted by molar-refractivity contribution is 5.99. The summed E-state index contributed by atoms with van der Waals surface area (Å²) in [6.07, 6.45) is -0.136. The first-order valence-electron chi connectivity index (χ1n) is 11.4. The van der Waals surface area contributed by atoms with Crippen LogP contribution in [0.2, 0.25) is 0 Å². The molecule has 34 heavy (non-hydrogen) atoms. The largest absolute Gasteiger partial charge is 0.496 e. The molecule has 0 bridgehead atoms. The molecular weight excluding hydrogens is 441 g/mol. The Kier molecular flexibility index (Phi) is 7.64. The number of ether oxygens (including phenoxy) is 3. The van der Waals surface area contributed by atoms with E-state index in [0.29, 0.717) is 75.0 Å². The second-order valence-corrected chi connectivity index (χ2v) is 8.38. The van der Waals surface area contributed by atoms with E-state index in [1.165, 1.54) is 26.4 Å². The fraction of sp³-hybridized carbons (Fsp3) is 0.440. The molecule has 0 aliphatic carbocycles. The highest BCUT2D eigenvalue weighted by atomic mass is 19.1. The first-order valence-corrected chi connectivity index (χ1v) is 11.4. The van der Waals surface area contributed by atoms with Crippen molar-refractivity contribution in [1.82, 2.24) is 14.7 Å². The normalized spacial score (nSPS) is 19.1. The number of carbonyl (C=O) groups excluding carboxylic acids is 2. The first kappa shape index (κ1) is 24.0. The fourth-order valence-electron chi connectivity index (χ4n) is 4.46. The predicted octanol–water partition coefficient (Wildman–Crippen LogP) is 2.14. The summed E-state index contributed by atoms with van der Waals surface area (Å²) in [4.78, 5) is 31.7. The molecule has 2 heterocycles. The van der Waals surface area contributed by atoms with Crippen molar-refractivity contribution in [2.24, 2.45) is 0 Å². The van der Waals surface area contributed by atoms with Crippen molar-refractivity contribution in [3.8, 4) is 11.5 Å².